The molecule has 2 amide bonds. The summed E-state index contributed by atoms with van der Waals surface area (Å²) < 4.78 is 10.9. The van der Waals surface area contributed by atoms with Crippen LogP contribution >= 0.6 is 21.6 Å². The van der Waals surface area contributed by atoms with Crippen LogP contribution in [-0.2, 0) is 41.7 Å². The smallest absolute Gasteiger partial charge is 0.308 e. The number of nitrogens with zero attached hydrogens (tertiary/aromatic N) is 6. The van der Waals surface area contributed by atoms with Gasteiger partial charge in [0.25, 0.3) is 0 Å². The largest absolute Gasteiger partial charge is 0.465 e. The summed E-state index contributed by atoms with van der Waals surface area (Å²) in [6.07, 6.45) is 5.14. The van der Waals surface area contributed by atoms with Gasteiger partial charge in [-0.25, -0.2) is 19.9 Å². The maximum atomic E-state index is 12.3. The number of anilines is 2. The SMILES string of the molecule is C/C(=C(\CCOC(=O)C(C)C)SS/C(CCOC(=O)C(C)C)=C(\C)N(C=O)Cc1cnc(C)nc1N)N(C=O)Cc1cnc(C)nc1N. The van der Waals surface area contributed by atoms with Crippen molar-refractivity contribution in [1.29, 1.82) is 0 Å². The van der Waals surface area contributed by atoms with Crippen LogP contribution in [0.2, 0.25) is 0 Å². The Morgan fingerprint density at radius 3 is 1.40 bits per heavy atom. The van der Waals surface area contributed by atoms with Crippen LogP contribution in [0.25, 0.3) is 0 Å². The topological polar surface area (TPSA) is 197 Å². The standard InChI is InChI=1S/C32H46N8O6S2/c1-19(2)31(43)45-11-9-27(21(5)39(17-41)15-25-13-35-23(7)37-29(25)33)47-48-28(10-12-46-32(44)20(3)4)22(6)40(18-42)16-26-14-36-24(8)38-30(26)34/h13-14,17-20H,9-12,15-16H2,1-8H3,(H2,33,35,37)(H2,34,36,38)/b27-21-,28-22+. The molecule has 0 bridgehead atoms. The van der Waals surface area contributed by atoms with E-state index >= 15 is 0 Å². The number of aromatic nitrogens is 4. The highest BCUT2D eigenvalue weighted by Gasteiger charge is 2.20. The van der Waals surface area contributed by atoms with Crippen molar-refractivity contribution in [2.45, 2.75) is 81.3 Å². The molecule has 16 heteroatoms. The fraction of sp³-hybridized carbons (Fsp3) is 0.500. The third-order valence-corrected chi connectivity index (χ3v) is 9.92. The molecular formula is C32H46N8O6S2. The number of nitrogens with two attached hydrogens (primary N) is 2. The van der Waals surface area contributed by atoms with Gasteiger partial charge in [-0.3, -0.25) is 19.2 Å². The zero-order chi connectivity index (χ0) is 36.0. The van der Waals surface area contributed by atoms with Crippen molar-refractivity contribution in [3.05, 3.63) is 56.4 Å². The van der Waals surface area contributed by atoms with E-state index in [0.717, 1.165) is 9.81 Å². The van der Waals surface area contributed by atoms with Crippen LogP contribution in [0, 0.1) is 25.7 Å². The fourth-order valence-electron chi connectivity index (χ4n) is 3.91. The maximum absolute atomic E-state index is 12.3. The lowest BCUT2D eigenvalue weighted by molar-refractivity contribution is -0.148. The highest BCUT2D eigenvalue weighted by atomic mass is 33.1. The molecule has 0 aliphatic carbocycles. The highest BCUT2D eigenvalue weighted by molar-refractivity contribution is 8.79. The third kappa shape index (κ3) is 12.4. The Morgan fingerprint density at radius 2 is 1.10 bits per heavy atom. The van der Waals surface area contributed by atoms with Crippen molar-refractivity contribution in [1.82, 2.24) is 29.7 Å². The molecule has 0 radical (unpaired) electrons. The second-order valence-corrected chi connectivity index (χ2v) is 13.8. The van der Waals surface area contributed by atoms with Crippen LogP contribution in [-0.4, -0.2) is 67.7 Å². The predicted octanol–water partition coefficient (Wildman–Crippen LogP) is 4.69. The number of esters is 2. The number of aryl methyl sites for hydroxylation is 2. The third-order valence-electron chi connectivity index (χ3n) is 6.97. The number of allylic oxidation sites excluding steroid dienone is 2. The summed E-state index contributed by atoms with van der Waals surface area (Å²) in [7, 11) is 2.69. The van der Waals surface area contributed by atoms with Gasteiger partial charge < -0.3 is 30.7 Å². The first kappa shape index (κ1) is 40.0. The fourth-order valence-corrected chi connectivity index (χ4v) is 6.75. The van der Waals surface area contributed by atoms with Crippen molar-refractivity contribution in [3.63, 3.8) is 0 Å². The minimum atomic E-state index is -0.342. The molecule has 0 spiro atoms. The minimum absolute atomic E-state index is 0.0803. The lowest BCUT2D eigenvalue weighted by Crippen LogP contribution is -2.22. The molecule has 2 rings (SSSR count). The molecule has 0 saturated carbocycles. The molecule has 14 nitrogen and oxygen atoms in total. The second kappa shape index (κ2) is 19.6. The van der Waals surface area contributed by atoms with Crippen molar-refractivity contribution in [3.8, 4) is 0 Å². The molecule has 0 aliphatic rings. The zero-order valence-corrected chi connectivity index (χ0v) is 30.4. The van der Waals surface area contributed by atoms with Gasteiger partial charge in [0.1, 0.15) is 23.3 Å². The lowest BCUT2D eigenvalue weighted by Gasteiger charge is -2.24. The van der Waals surface area contributed by atoms with E-state index in [1.54, 1.807) is 67.8 Å². The van der Waals surface area contributed by atoms with Gasteiger partial charge in [0, 0.05) is 57.6 Å². The Morgan fingerprint density at radius 1 is 0.750 bits per heavy atom. The molecule has 0 unspecified atom stereocenters. The Labute approximate surface area is 289 Å². The van der Waals surface area contributed by atoms with Crippen LogP contribution < -0.4 is 11.5 Å². The molecule has 4 N–H and O–H groups in total. The molecule has 0 atom stereocenters. The van der Waals surface area contributed by atoms with E-state index in [9.17, 15) is 19.2 Å². The van der Waals surface area contributed by atoms with E-state index < -0.39 is 0 Å². The van der Waals surface area contributed by atoms with Gasteiger partial charge >= 0.3 is 11.9 Å². The number of amides is 2. The van der Waals surface area contributed by atoms with E-state index in [2.05, 4.69) is 19.9 Å². The van der Waals surface area contributed by atoms with E-state index in [0.29, 0.717) is 59.8 Å². The van der Waals surface area contributed by atoms with Crippen molar-refractivity contribution >= 4 is 58.0 Å². The Kier molecular flexibility index (Phi) is 16.3. The van der Waals surface area contributed by atoms with Crippen LogP contribution in [0.5, 0.6) is 0 Å². The lowest BCUT2D eigenvalue weighted by atomic mass is 10.2. The first-order valence-electron chi connectivity index (χ1n) is 15.3. The number of carbonyl (C=O) groups is 4. The van der Waals surface area contributed by atoms with Crippen molar-refractivity contribution < 1.29 is 28.7 Å². The number of hydrogen-bond donors (Lipinski definition) is 2. The summed E-state index contributed by atoms with van der Waals surface area (Å²) in [6, 6.07) is 0. The average molecular weight is 703 g/mol. The van der Waals surface area contributed by atoms with Gasteiger partial charge in [0.2, 0.25) is 12.8 Å². The Bertz CT molecular complexity index is 1400. The summed E-state index contributed by atoms with van der Waals surface area (Å²) in [5, 5.41) is 0. The summed E-state index contributed by atoms with van der Waals surface area (Å²) >= 11 is 0. The summed E-state index contributed by atoms with van der Waals surface area (Å²) in [5.41, 5.74) is 14.6. The van der Waals surface area contributed by atoms with E-state index in [4.69, 9.17) is 20.9 Å². The van der Waals surface area contributed by atoms with Gasteiger partial charge in [0.05, 0.1) is 38.1 Å². The summed E-state index contributed by atoms with van der Waals surface area (Å²) in [4.78, 5) is 70.4. The highest BCUT2D eigenvalue weighted by Crippen LogP contribution is 2.43. The van der Waals surface area contributed by atoms with Gasteiger partial charge in [-0.15, -0.1) is 0 Å². The zero-order valence-electron chi connectivity index (χ0n) is 28.8. The molecule has 2 aromatic rings. The molecule has 262 valence electrons. The van der Waals surface area contributed by atoms with E-state index in [1.807, 2.05) is 0 Å². The normalized spacial score (nSPS) is 12.3. The molecule has 0 aliphatic heterocycles. The van der Waals surface area contributed by atoms with E-state index in [-0.39, 0.29) is 61.7 Å². The van der Waals surface area contributed by atoms with Gasteiger partial charge in [-0.2, -0.15) is 0 Å². The Balaban J connectivity index is 2.47. The number of ether oxygens (including phenoxy) is 2. The maximum Gasteiger partial charge on any atom is 0.308 e. The number of rotatable bonds is 19. The van der Waals surface area contributed by atoms with Crippen LogP contribution in [0.4, 0.5) is 11.6 Å². The quantitative estimate of drug-likeness (QED) is 0.116. The summed E-state index contributed by atoms with van der Waals surface area (Å²) in [6.45, 7) is 14.4. The van der Waals surface area contributed by atoms with Gasteiger partial charge in [-0.05, 0) is 27.7 Å². The summed E-state index contributed by atoms with van der Waals surface area (Å²) in [5.74, 6) is 0.266. The first-order chi connectivity index (χ1) is 22.7. The molecule has 2 heterocycles. The van der Waals surface area contributed by atoms with Crippen LogP contribution in [0.15, 0.2) is 33.6 Å². The molecule has 0 aromatic carbocycles. The van der Waals surface area contributed by atoms with E-state index in [1.165, 1.54) is 31.4 Å². The molecule has 2 aromatic heterocycles. The number of carbonyl (C=O) groups excluding carboxylic acids is 4. The van der Waals surface area contributed by atoms with Crippen LogP contribution in [0.3, 0.4) is 0 Å². The van der Waals surface area contributed by atoms with Crippen molar-refractivity contribution in [2.75, 3.05) is 24.7 Å². The minimum Gasteiger partial charge on any atom is -0.465 e. The first-order valence-corrected chi connectivity index (χ1v) is 17.5. The average Bonchev–Trinajstić information content (AvgIpc) is 3.03. The molecule has 0 saturated heterocycles. The van der Waals surface area contributed by atoms with Crippen LogP contribution in [0.1, 0.15) is 77.2 Å². The monoisotopic (exact) mass is 702 g/mol. The van der Waals surface area contributed by atoms with Gasteiger partial charge in [-0.1, -0.05) is 49.3 Å². The number of nitrogen functional groups attached to an aromatic ring is 2. The van der Waals surface area contributed by atoms with Crippen molar-refractivity contribution in [2.24, 2.45) is 11.8 Å². The molecule has 48 heavy (non-hydrogen) atoms. The predicted molar refractivity (Wildman–Crippen MR) is 187 cm³/mol. The molecular weight excluding hydrogens is 657 g/mol. The number of hydrogen-bond acceptors (Lipinski definition) is 14. The second-order valence-electron chi connectivity index (χ2n) is 11.5. The Hall–Kier alpha value is -4.18. The van der Waals surface area contributed by atoms with Gasteiger partial charge in [0.15, 0.2) is 0 Å². The molecule has 0 fully saturated rings.